The van der Waals surface area contributed by atoms with Crippen LogP contribution in [-0.4, -0.2) is 33.1 Å². The van der Waals surface area contributed by atoms with Gasteiger partial charge in [0.2, 0.25) is 5.13 Å². The molecule has 0 bridgehead atoms. The van der Waals surface area contributed by atoms with Gasteiger partial charge in [0.15, 0.2) is 4.34 Å². The number of ether oxygens (including phenoxy) is 2. The first-order valence-corrected chi connectivity index (χ1v) is 17.1. The number of Topliss-reactive ketones (excluding diaryl/α,β-unsaturated/α-hetero) is 1. The van der Waals surface area contributed by atoms with Crippen LogP contribution in [0.1, 0.15) is 35.2 Å². The van der Waals surface area contributed by atoms with Gasteiger partial charge in [0.25, 0.3) is 5.78 Å². The van der Waals surface area contributed by atoms with E-state index in [0.717, 1.165) is 16.9 Å². The minimum atomic E-state index is -1.01. The summed E-state index contributed by atoms with van der Waals surface area (Å²) < 4.78 is 12.5. The molecule has 8 nitrogen and oxygen atoms in total. The summed E-state index contributed by atoms with van der Waals surface area (Å²) in [5, 5.41) is 21.6. The summed E-state index contributed by atoms with van der Waals surface area (Å²) in [6.45, 7) is 1.97. The molecule has 7 rings (SSSR count). The number of hydrogen-bond acceptors (Lipinski definition) is 9. The molecular formula is C35H25Cl2N3O5S2. The first-order valence-electron chi connectivity index (χ1n) is 14.6. The van der Waals surface area contributed by atoms with E-state index in [-0.39, 0.29) is 22.6 Å². The van der Waals surface area contributed by atoms with Crippen molar-refractivity contribution in [1.29, 1.82) is 0 Å². The van der Waals surface area contributed by atoms with Gasteiger partial charge in [-0.1, -0.05) is 82.7 Å². The molecule has 1 amide bonds. The van der Waals surface area contributed by atoms with Gasteiger partial charge in [0.1, 0.15) is 29.1 Å². The number of rotatable bonds is 8. The van der Waals surface area contributed by atoms with Crippen molar-refractivity contribution >= 4 is 68.9 Å². The van der Waals surface area contributed by atoms with Crippen LogP contribution in [0.5, 0.6) is 17.2 Å². The number of carbonyl (C=O) groups is 2. The zero-order valence-electron chi connectivity index (χ0n) is 24.7. The second-order valence-electron chi connectivity index (χ2n) is 11.0. The molecule has 2 aliphatic rings. The van der Waals surface area contributed by atoms with Crippen LogP contribution in [0.3, 0.4) is 0 Å². The number of fused-ring (bicyclic) bond motifs is 1. The summed E-state index contributed by atoms with van der Waals surface area (Å²) in [5.41, 5.74) is 2.68. The Morgan fingerprint density at radius 2 is 1.81 bits per heavy atom. The molecule has 0 saturated carbocycles. The lowest BCUT2D eigenvalue weighted by molar-refractivity contribution is -0.132. The summed E-state index contributed by atoms with van der Waals surface area (Å²) in [6, 6.07) is 25.9. The minimum absolute atomic E-state index is 0.000478. The number of thioether (sulfide) groups is 1. The average Bonchev–Trinajstić information content (AvgIpc) is 3.75. The summed E-state index contributed by atoms with van der Waals surface area (Å²) in [5.74, 6) is 0.407. The van der Waals surface area contributed by atoms with Crippen molar-refractivity contribution in [3.05, 3.63) is 129 Å². The molecule has 1 fully saturated rings. The Bertz CT molecular complexity index is 2050. The summed E-state index contributed by atoms with van der Waals surface area (Å²) >= 11 is 15.0. The predicted octanol–water partition coefficient (Wildman–Crippen LogP) is 8.88. The van der Waals surface area contributed by atoms with E-state index in [2.05, 4.69) is 10.2 Å². The highest BCUT2D eigenvalue weighted by molar-refractivity contribution is 8.00. The zero-order chi connectivity index (χ0) is 32.7. The zero-order valence-corrected chi connectivity index (χ0v) is 27.9. The number of amides is 1. The number of halogens is 2. The van der Waals surface area contributed by atoms with E-state index in [1.807, 2.05) is 43.3 Å². The maximum atomic E-state index is 13.8. The third-order valence-electron chi connectivity index (χ3n) is 7.73. The SMILES string of the molecule is CC1Cc2cc(/C(O)=C3\C(=O)C(=O)N(c4nnc(SCc5ccc(Cl)cc5Cl)s4)C3c3cccc(Oc4ccccc4)c3)ccc2O1. The molecule has 236 valence electrons. The monoisotopic (exact) mass is 701 g/mol. The van der Waals surface area contributed by atoms with E-state index in [9.17, 15) is 14.7 Å². The summed E-state index contributed by atoms with van der Waals surface area (Å²) in [6.07, 6.45) is 0.667. The van der Waals surface area contributed by atoms with Crippen LogP contribution < -0.4 is 14.4 Å². The van der Waals surface area contributed by atoms with E-state index in [1.54, 1.807) is 54.6 Å². The highest BCUT2D eigenvalue weighted by atomic mass is 35.5. The first kappa shape index (κ1) is 31.3. The van der Waals surface area contributed by atoms with Gasteiger partial charge in [-0.15, -0.1) is 10.2 Å². The minimum Gasteiger partial charge on any atom is -0.507 e. The molecule has 4 aromatic carbocycles. The summed E-state index contributed by atoms with van der Waals surface area (Å²) in [4.78, 5) is 28.9. The molecule has 1 N–H and O–H groups in total. The third-order valence-corrected chi connectivity index (χ3v) is 10.4. The molecule has 47 heavy (non-hydrogen) atoms. The smallest absolute Gasteiger partial charge is 0.301 e. The number of anilines is 1. The lowest BCUT2D eigenvalue weighted by atomic mass is 9.94. The molecule has 5 aromatic rings. The first-order chi connectivity index (χ1) is 22.7. The number of hydrogen-bond donors (Lipinski definition) is 1. The van der Waals surface area contributed by atoms with Crippen molar-refractivity contribution in [2.45, 2.75) is 35.6 Å². The lowest BCUT2D eigenvalue weighted by Crippen LogP contribution is -2.29. The van der Waals surface area contributed by atoms with E-state index in [1.165, 1.54) is 28.0 Å². The Hall–Kier alpha value is -4.35. The van der Waals surface area contributed by atoms with Gasteiger partial charge in [0, 0.05) is 27.8 Å². The normalized spacial score (nSPS) is 18.3. The van der Waals surface area contributed by atoms with Gasteiger partial charge in [-0.2, -0.15) is 0 Å². The van der Waals surface area contributed by atoms with Crippen LogP contribution in [0.15, 0.2) is 101 Å². The number of aromatic nitrogens is 2. The number of nitrogens with zero attached hydrogens (tertiary/aromatic N) is 3. The Labute approximate surface area is 288 Å². The van der Waals surface area contributed by atoms with E-state index < -0.39 is 17.7 Å². The fraction of sp³-hybridized carbons (Fsp3) is 0.143. The molecule has 0 radical (unpaired) electrons. The molecule has 0 aliphatic carbocycles. The van der Waals surface area contributed by atoms with Crippen molar-refractivity contribution in [1.82, 2.24) is 10.2 Å². The van der Waals surface area contributed by atoms with Crippen molar-refractivity contribution in [2.75, 3.05) is 4.90 Å². The Morgan fingerprint density at radius 3 is 2.62 bits per heavy atom. The van der Waals surface area contributed by atoms with Crippen LogP contribution in [0.2, 0.25) is 10.0 Å². The number of carbonyl (C=O) groups excluding carboxylic acids is 2. The molecule has 3 heterocycles. The maximum absolute atomic E-state index is 13.8. The molecule has 2 atom stereocenters. The lowest BCUT2D eigenvalue weighted by Gasteiger charge is -2.23. The van der Waals surface area contributed by atoms with Crippen LogP contribution in [0, 0.1) is 0 Å². The van der Waals surface area contributed by atoms with E-state index in [4.69, 9.17) is 32.7 Å². The van der Waals surface area contributed by atoms with Gasteiger partial charge >= 0.3 is 5.91 Å². The topological polar surface area (TPSA) is 102 Å². The number of benzene rings is 4. The molecule has 1 aromatic heterocycles. The Kier molecular flexibility index (Phi) is 8.67. The quantitative estimate of drug-likeness (QED) is 0.0563. The highest BCUT2D eigenvalue weighted by Gasteiger charge is 2.48. The molecule has 12 heteroatoms. The fourth-order valence-electron chi connectivity index (χ4n) is 5.58. The molecule has 2 unspecified atom stereocenters. The molecule has 2 aliphatic heterocycles. The third kappa shape index (κ3) is 6.34. The van der Waals surface area contributed by atoms with E-state index >= 15 is 0 Å². The maximum Gasteiger partial charge on any atom is 0.301 e. The van der Waals surface area contributed by atoms with Gasteiger partial charge in [-0.25, -0.2) is 0 Å². The summed E-state index contributed by atoms with van der Waals surface area (Å²) in [7, 11) is 0. The van der Waals surface area contributed by atoms with Gasteiger partial charge in [-0.05, 0) is 78.2 Å². The van der Waals surface area contributed by atoms with Crippen molar-refractivity contribution in [3.63, 3.8) is 0 Å². The standard InChI is InChI=1S/C35H25Cl2N3O5S2/c1-19-14-23-15-21(11-13-28(23)44-19)31(41)29-30(20-6-5-9-26(16-20)45-25-7-3-2-4-8-25)40(33(43)32(29)42)34-38-39-35(47-34)46-18-22-10-12-24(36)17-27(22)37/h2-13,15-17,19,30,41H,14,18H2,1H3/b31-29+. The number of aliphatic hydroxyl groups is 1. The Morgan fingerprint density at radius 1 is 1.00 bits per heavy atom. The highest BCUT2D eigenvalue weighted by Crippen LogP contribution is 2.45. The second kappa shape index (κ2) is 13.0. The number of aliphatic hydroxyl groups excluding tert-OH is 1. The number of para-hydroxylation sites is 1. The van der Waals surface area contributed by atoms with Crippen molar-refractivity contribution in [2.24, 2.45) is 0 Å². The van der Waals surface area contributed by atoms with Crippen LogP contribution in [0.25, 0.3) is 5.76 Å². The van der Waals surface area contributed by atoms with Gasteiger partial charge in [0.05, 0.1) is 11.6 Å². The van der Waals surface area contributed by atoms with Crippen molar-refractivity contribution in [3.8, 4) is 17.2 Å². The van der Waals surface area contributed by atoms with Gasteiger partial charge in [-0.3, -0.25) is 14.5 Å². The largest absolute Gasteiger partial charge is 0.507 e. The van der Waals surface area contributed by atoms with Crippen LogP contribution in [-0.2, 0) is 21.8 Å². The predicted molar refractivity (Wildman–Crippen MR) is 184 cm³/mol. The molecule has 1 saturated heterocycles. The Balaban J connectivity index is 1.28. The molecular weight excluding hydrogens is 677 g/mol. The fourth-order valence-corrected chi connectivity index (χ4v) is 8.01. The second-order valence-corrected chi connectivity index (χ2v) is 14.0. The van der Waals surface area contributed by atoms with Crippen molar-refractivity contribution < 1.29 is 24.2 Å². The van der Waals surface area contributed by atoms with Crippen LogP contribution in [0.4, 0.5) is 5.13 Å². The molecule has 0 spiro atoms. The van der Waals surface area contributed by atoms with Crippen LogP contribution >= 0.6 is 46.3 Å². The van der Waals surface area contributed by atoms with E-state index in [0.29, 0.717) is 49.2 Å². The van der Waals surface area contributed by atoms with Gasteiger partial charge < -0.3 is 14.6 Å². The number of ketones is 1. The average molecular weight is 703 g/mol.